The van der Waals surface area contributed by atoms with E-state index in [0.29, 0.717) is 33.7 Å². The number of halogens is 1. The molecule has 7 heteroatoms. The molecule has 1 aromatic carbocycles. The molecular formula is C17H15ClN4O2. The summed E-state index contributed by atoms with van der Waals surface area (Å²) >= 11 is 6.37. The van der Waals surface area contributed by atoms with Crippen LogP contribution < -0.4 is 0 Å². The molecule has 0 saturated carbocycles. The number of aromatic nitrogens is 3. The van der Waals surface area contributed by atoms with E-state index >= 15 is 0 Å². The maximum atomic E-state index is 10.2. The lowest BCUT2D eigenvalue weighted by Crippen LogP contribution is -2.12. The fourth-order valence-corrected chi connectivity index (χ4v) is 3.00. The fourth-order valence-electron chi connectivity index (χ4n) is 2.75. The van der Waals surface area contributed by atoms with Crippen LogP contribution in [0.3, 0.4) is 0 Å². The Hall–Kier alpha value is -2.62. The number of aliphatic hydroxyl groups excluding tert-OH is 1. The summed E-state index contributed by atoms with van der Waals surface area (Å²) in [6, 6.07) is 8.48. The first-order valence-electron chi connectivity index (χ1n) is 7.47. The van der Waals surface area contributed by atoms with Crippen molar-refractivity contribution in [3.8, 4) is 23.2 Å². The molecule has 6 nitrogen and oxygen atoms in total. The number of nitriles is 1. The van der Waals surface area contributed by atoms with Gasteiger partial charge in [-0.3, -0.25) is 4.57 Å². The van der Waals surface area contributed by atoms with Gasteiger partial charge in [-0.25, -0.2) is 4.98 Å². The van der Waals surface area contributed by atoms with Crippen molar-refractivity contribution in [1.82, 2.24) is 14.5 Å². The predicted octanol–water partition coefficient (Wildman–Crippen LogP) is 3.27. The summed E-state index contributed by atoms with van der Waals surface area (Å²) in [6.07, 6.45) is 2.09. The molecule has 2 heterocycles. The number of fused-ring (bicyclic) bond motifs is 1. The van der Waals surface area contributed by atoms with Gasteiger partial charge in [0.05, 0.1) is 29.3 Å². The number of benzene rings is 1. The number of pyridine rings is 1. The number of aromatic hydroxyl groups is 1. The summed E-state index contributed by atoms with van der Waals surface area (Å²) in [4.78, 5) is 8.25. The van der Waals surface area contributed by atoms with Crippen molar-refractivity contribution >= 4 is 22.8 Å². The molecular weight excluding hydrogens is 328 g/mol. The lowest BCUT2D eigenvalue weighted by Gasteiger charge is -2.17. The lowest BCUT2D eigenvalue weighted by molar-refractivity contribution is 0.216. The van der Waals surface area contributed by atoms with E-state index in [2.05, 4.69) is 16.0 Å². The highest BCUT2D eigenvalue weighted by Gasteiger charge is 2.22. The van der Waals surface area contributed by atoms with Crippen molar-refractivity contribution in [2.45, 2.75) is 19.4 Å². The summed E-state index contributed by atoms with van der Waals surface area (Å²) in [6.45, 7) is 1.76. The van der Waals surface area contributed by atoms with Gasteiger partial charge in [0.25, 0.3) is 6.01 Å². The third-order valence-electron chi connectivity index (χ3n) is 4.00. The van der Waals surface area contributed by atoms with Crippen LogP contribution in [0.25, 0.3) is 22.3 Å². The van der Waals surface area contributed by atoms with Gasteiger partial charge >= 0.3 is 0 Å². The van der Waals surface area contributed by atoms with Crippen LogP contribution in [0.2, 0.25) is 5.02 Å². The predicted molar refractivity (Wildman–Crippen MR) is 90.8 cm³/mol. The summed E-state index contributed by atoms with van der Waals surface area (Å²) in [5, 5.41) is 29.2. The topological polar surface area (TPSA) is 95.0 Å². The third-order valence-corrected chi connectivity index (χ3v) is 4.29. The molecule has 0 amide bonds. The lowest BCUT2D eigenvalue weighted by atomic mass is 10.0. The average molecular weight is 343 g/mol. The highest BCUT2D eigenvalue weighted by atomic mass is 35.5. The second-order valence-corrected chi connectivity index (χ2v) is 5.78. The summed E-state index contributed by atoms with van der Waals surface area (Å²) in [5.41, 5.74) is 2.89. The van der Waals surface area contributed by atoms with Gasteiger partial charge < -0.3 is 10.2 Å². The minimum atomic E-state index is -0.340. The molecule has 0 aliphatic carbocycles. The Bertz CT molecular complexity index is 924. The molecule has 122 valence electrons. The van der Waals surface area contributed by atoms with Crippen molar-refractivity contribution < 1.29 is 10.2 Å². The number of hydrogen-bond donors (Lipinski definition) is 2. The number of imidazole rings is 1. The summed E-state index contributed by atoms with van der Waals surface area (Å²) in [7, 11) is 0. The SMILES string of the molecule is CC[C@@H](CO)n1c(O)nc2ncc(Cl)c(-c3ccc(C#N)cc3)c21. The number of hydrogen-bond acceptors (Lipinski definition) is 5. The number of nitrogens with zero attached hydrogens (tertiary/aromatic N) is 4. The largest absolute Gasteiger partial charge is 0.480 e. The monoisotopic (exact) mass is 342 g/mol. The minimum Gasteiger partial charge on any atom is -0.480 e. The van der Waals surface area contributed by atoms with Crippen LogP contribution in [-0.4, -0.2) is 31.4 Å². The van der Waals surface area contributed by atoms with Crippen LogP contribution in [0.5, 0.6) is 6.01 Å². The first kappa shape index (κ1) is 16.2. The zero-order chi connectivity index (χ0) is 17.3. The molecule has 0 aliphatic rings. The van der Waals surface area contributed by atoms with Crippen molar-refractivity contribution in [1.29, 1.82) is 5.26 Å². The van der Waals surface area contributed by atoms with Gasteiger partial charge in [0.15, 0.2) is 5.65 Å². The Labute approximate surface area is 143 Å². The molecule has 2 N–H and O–H groups in total. The van der Waals surface area contributed by atoms with Gasteiger partial charge in [0.1, 0.15) is 5.52 Å². The first-order valence-corrected chi connectivity index (χ1v) is 7.85. The zero-order valence-electron chi connectivity index (χ0n) is 12.9. The maximum Gasteiger partial charge on any atom is 0.296 e. The molecule has 24 heavy (non-hydrogen) atoms. The number of rotatable bonds is 4. The highest BCUT2D eigenvalue weighted by molar-refractivity contribution is 6.34. The standard InChI is InChI=1S/C17H15ClN4O2/c1-2-12(9-23)22-15-14(11-5-3-10(7-19)4-6-11)13(18)8-20-16(15)21-17(22)24/h3-6,8,12,23H,2,9H2,1H3,(H,20,21,24)/t12-/m0/s1. The van der Waals surface area contributed by atoms with Gasteiger partial charge in [0.2, 0.25) is 0 Å². The second kappa shape index (κ2) is 6.48. The quantitative estimate of drug-likeness (QED) is 0.758. The second-order valence-electron chi connectivity index (χ2n) is 5.37. The Kier molecular flexibility index (Phi) is 4.38. The van der Waals surface area contributed by atoms with Crippen LogP contribution in [0, 0.1) is 11.3 Å². The van der Waals surface area contributed by atoms with E-state index in [0.717, 1.165) is 5.56 Å². The van der Waals surface area contributed by atoms with E-state index in [-0.39, 0.29) is 18.7 Å². The molecule has 1 atom stereocenters. The minimum absolute atomic E-state index is 0.144. The Balaban J connectivity index is 2.33. The van der Waals surface area contributed by atoms with Crippen LogP contribution in [0.1, 0.15) is 24.9 Å². The smallest absolute Gasteiger partial charge is 0.296 e. The van der Waals surface area contributed by atoms with Gasteiger partial charge in [-0.1, -0.05) is 30.7 Å². The average Bonchev–Trinajstić information content (AvgIpc) is 2.93. The third kappa shape index (κ3) is 2.58. The Morgan fingerprint density at radius 3 is 2.62 bits per heavy atom. The summed E-state index contributed by atoms with van der Waals surface area (Å²) < 4.78 is 1.56. The Morgan fingerprint density at radius 2 is 2.04 bits per heavy atom. The molecule has 0 unspecified atom stereocenters. The van der Waals surface area contributed by atoms with Crippen molar-refractivity contribution in [2.75, 3.05) is 6.61 Å². The summed E-state index contributed by atoms with van der Waals surface area (Å²) in [5.74, 6) is 0. The molecule has 0 radical (unpaired) electrons. The van der Waals surface area contributed by atoms with E-state index in [1.54, 1.807) is 28.8 Å². The van der Waals surface area contributed by atoms with E-state index in [4.69, 9.17) is 16.9 Å². The van der Waals surface area contributed by atoms with Gasteiger partial charge in [-0.2, -0.15) is 10.2 Å². The highest BCUT2D eigenvalue weighted by Crippen LogP contribution is 2.37. The fraction of sp³-hybridized carbons (Fsp3) is 0.235. The van der Waals surface area contributed by atoms with Gasteiger partial charge in [-0.15, -0.1) is 0 Å². The van der Waals surface area contributed by atoms with E-state index in [9.17, 15) is 10.2 Å². The van der Waals surface area contributed by atoms with E-state index in [1.807, 2.05) is 6.92 Å². The van der Waals surface area contributed by atoms with Crippen LogP contribution in [-0.2, 0) is 0 Å². The molecule has 0 fully saturated rings. The number of aliphatic hydroxyl groups is 1. The molecule has 0 spiro atoms. The first-order chi connectivity index (χ1) is 11.6. The molecule has 0 bridgehead atoms. The Morgan fingerprint density at radius 1 is 1.33 bits per heavy atom. The van der Waals surface area contributed by atoms with Crippen molar-refractivity contribution in [3.63, 3.8) is 0 Å². The zero-order valence-corrected chi connectivity index (χ0v) is 13.7. The molecule has 3 rings (SSSR count). The van der Waals surface area contributed by atoms with Crippen LogP contribution >= 0.6 is 11.6 Å². The van der Waals surface area contributed by atoms with Crippen LogP contribution in [0.4, 0.5) is 0 Å². The van der Waals surface area contributed by atoms with Crippen molar-refractivity contribution in [3.05, 3.63) is 41.0 Å². The molecule has 0 aliphatic heterocycles. The molecule has 3 aromatic rings. The molecule has 0 saturated heterocycles. The van der Waals surface area contributed by atoms with E-state index < -0.39 is 0 Å². The normalized spacial score (nSPS) is 12.2. The van der Waals surface area contributed by atoms with E-state index in [1.165, 1.54) is 6.20 Å². The maximum absolute atomic E-state index is 10.2. The van der Waals surface area contributed by atoms with Crippen molar-refractivity contribution in [2.24, 2.45) is 0 Å². The van der Waals surface area contributed by atoms with Gasteiger partial charge in [-0.05, 0) is 24.1 Å². The van der Waals surface area contributed by atoms with Gasteiger partial charge in [0, 0.05) is 11.8 Å². The van der Waals surface area contributed by atoms with Crippen LogP contribution in [0.15, 0.2) is 30.5 Å². The molecule has 2 aromatic heterocycles.